The summed E-state index contributed by atoms with van der Waals surface area (Å²) < 4.78 is 0. The molecule has 1 aliphatic heterocycles. The Morgan fingerprint density at radius 3 is 2.95 bits per heavy atom. The molecule has 4 heteroatoms. The first-order chi connectivity index (χ1) is 9.33. The van der Waals surface area contributed by atoms with Gasteiger partial charge in [-0.1, -0.05) is 0 Å². The number of anilines is 1. The predicted octanol–water partition coefficient (Wildman–Crippen LogP) is 2.11. The number of hydrogen-bond donors (Lipinski definition) is 1. The molecular formula is C15H24N4. The van der Waals surface area contributed by atoms with E-state index in [1.165, 1.54) is 50.0 Å². The summed E-state index contributed by atoms with van der Waals surface area (Å²) in [4.78, 5) is 11.2. The number of nitrogens with one attached hydrogen (secondary N) is 1. The molecule has 0 bridgehead atoms. The molecule has 2 heterocycles. The van der Waals surface area contributed by atoms with Crippen molar-refractivity contribution in [3.05, 3.63) is 17.6 Å². The fourth-order valence-electron chi connectivity index (χ4n) is 3.26. The Bertz CT molecular complexity index is 424. The lowest BCUT2D eigenvalue weighted by molar-refractivity contribution is 0.215. The van der Waals surface area contributed by atoms with Crippen molar-refractivity contribution in [1.82, 2.24) is 14.9 Å². The van der Waals surface area contributed by atoms with Crippen molar-refractivity contribution in [3.8, 4) is 0 Å². The summed E-state index contributed by atoms with van der Waals surface area (Å²) in [6.07, 6.45) is 9.18. The van der Waals surface area contributed by atoms with Crippen molar-refractivity contribution in [2.75, 3.05) is 32.0 Å². The Labute approximate surface area is 115 Å². The summed E-state index contributed by atoms with van der Waals surface area (Å²) in [6.45, 7) is 3.57. The lowest BCUT2D eigenvalue weighted by Gasteiger charge is -2.29. The largest absolute Gasteiger partial charge is 0.370 e. The Hall–Kier alpha value is -1.16. The van der Waals surface area contributed by atoms with E-state index in [1.807, 2.05) is 0 Å². The zero-order valence-corrected chi connectivity index (χ0v) is 11.9. The quantitative estimate of drug-likeness (QED) is 0.900. The highest BCUT2D eigenvalue weighted by atomic mass is 15.1. The molecular weight excluding hydrogens is 236 g/mol. The third-order valence-electron chi connectivity index (χ3n) is 4.56. The molecule has 0 amide bonds. The van der Waals surface area contributed by atoms with Crippen molar-refractivity contribution in [3.63, 3.8) is 0 Å². The van der Waals surface area contributed by atoms with Crippen LogP contribution in [0.3, 0.4) is 0 Å². The summed E-state index contributed by atoms with van der Waals surface area (Å²) in [7, 11) is 2.22. The van der Waals surface area contributed by atoms with Crippen LogP contribution in [-0.2, 0) is 12.8 Å². The van der Waals surface area contributed by atoms with E-state index in [1.54, 1.807) is 6.33 Å². The van der Waals surface area contributed by atoms with E-state index >= 15 is 0 Å². The number of hydrogen-bond acceptors (Lipinski definition) is 4. The van der Waals surface area contributed by atoms with E-state index in [0.29, 0.717) is 0 Å². The van der Waals surface area contributed by atoms with Gasteiger partial charge in [-0.25, -0.2) is 9.97 Å². The first kappa shape index (κ1) is 12.9. The SMILES string of the molecule is CN1CCC(CCNc2ncnc3c2CCC3)CC1. The maximum atomic E-state index is 4.41. The van der Waals surface area contributed by atoms with E-state index in [-0.39, 0.29) is 0 Å². The molecule has 0 unspecified atom stereocenters. The third-order valence-corrected chi connectivity index (χ3v) is 4.56. The van der Waals surface area contributed by atoms with Crippen LogP contribution in [0.5, 0.6) is 0 Å². The van der Waals surface area contributed by atoms with Crippen LogP contribution < -0.4 is 5.32 Å². The highest BCUT2D eigenvalue weighted by molar-refractivity contribution is 5.47. The molecule has 2 aliphatic rings. The number of fused-ring (bicyclic) bond motifs is 1. The van der Waals surface area contributed by atoms with Crippen molar-refractivity contribution < 1.29 is 0 Å². The normalized spacial score (nSPS) is 20.5. The van der Waals surface area contributed by atoms with Crippen LogP contribution in [0.4, 0.5) is 5.82 Å². The number of likely N-dealkylation sites (tertiary alicyclic amines) is 1. The smallest absolute Gasteiger partial charge is 0.132 e. The lowest BCUT2D eigenvalue weighted by Crippen LogP contribution is -2.30. The van der Waals surface area contributed by atoms with E-state index in [2.05, 4.69) is 27.2 Å². The van der Waals surface area contributed by atoms with Crippen molar-refractivity contribution >= 4 is 5.82 Å². The van der Waals surface area contributed by atoms with E-state index < -0.39 is 0 Å². The predicted molar refractivity (Wildman–Crippen MR) is 77.4 cm³/mol. The standard InChI is InChI=1S/C15H24N4/c1-19-9-6-12(7-10-19)5-8-16-15-13-3-2-4-14(13)17-11-18-15/h11-12H,2-10H2,1H3,(H,16,17,18). The molecule has 104 valence electrons. The molecule has 1 aromatic rings. The Morgan fingerprint density at radius 2 is 2.11 bits per heavy atom. The summed E-state index contributed by atoms with van der Waals surface area (Å²) in [5.41, 5.74) is 2.63. The van der Waals surface area contributed by atoms with Crippen LogP contribution >= 0.6 is 0 Å². The Morgan fingerprint density at radius 1 is 1.26 bits per heavy atom. The van der Waals surface area contributed by atoms with Crippen LogP contribution in [0.15, 0.2) is 6.33 Å². The maximum absolute atomic E-state index is 4.41. The minimum Gasteiger partial charge on any atom is -0.370 e. The van der Waals surface area contributed by atoms with Gasteiger partial charge in [0.25, 0.3) is 0 Å². The van der Waals surface area contributed by atoms with Gasteiger partial charge in [-0.3, -0.25) is 0 Å². The summed E-state index contributed by atoms with van der Waals surface area (Å²) in [6, 6.07) is 0. The van der Waals surface area contributed by atoms with Crippen LogP contribution in [-0.4, -0.2) is 41.5 Å². The molecule has 19 heavy (non-hydrogen) atoms. The third kappa shape index (κ3) is 3.06. The molecule has 0 aromatic carbocycles. The van der Waals surface area contributed by atoms with Gasteiger partial charge < -0.3 is 10.2 Å². The maximum Gasteiger partial charge on any atom is 0.132 e. The van der Waals surface area contributed by atoms with Gasteiger partial charge in [-0.2, -0.15) is 0 Å². The van der Waals surface area contributed by atoms with Gasteiger partial charge in [-0.15, -0.1) is 0 Å². The van der Waals surface area contributed by atoms with Gasteiger partial charge in [0.05, 0.1) is 0 Å². The minimum absolute atomic E-state index is 0.888. The fourth-order valence-corrected chi connectivity index (χ4v) is 3.26. The van der Waals surface area contributed by atoms with Gasteiger partial charge in [0.15, 0.2) is 0 Å². The van der Waals surface area contributed by atoms with Gasteiger partial charge in [0.2, 0.25) is 0 Å². The second-order valence-corrected chi connectivity index (χ2v) is 5.96. The molecule has 1 fully saturated rings. The van der Waals surface area contributed by atoms with Crippen molar-refractivity contribution in [2.45, 2.75) is 38.5 Å². The lowest BCUT2D eigenvalue weighted by atomic mass is 9.94. The van der Waals surface area contributed by atoms with Gasteiger partial charge in [-0.05, 0) is 64.6 Å². The topological polar surface area (TPSA) is 41.0 Å². The second-order valence-electron chi connectivity index (χ2n) is 5.96. The van der Waals surface area contributed by atoms with Crippen LogP contribution in [0, 0.1) is 5.92 Å². The zero-order chi connectivity index (χ0) is 13.1. The van der Waals surface area contributed by atoms with E-state index in [4.69, 9.17) is 0 Å². The highest BCUT2D eigenvalue weighted by Gasteiger charge is 2.18. The van der Waals surface area contributed by atoms with Crippen molar-refractivity contribution in [1.29, 1.82) is 0 Å². The highest BCUT2D eigenvalue weighted by Crippen LogP contribution is 2.25. The van der Waals surface area contributed by atoms with Crippen LogP contribution in [0.25, 0.3) is 0 Å². The molecule has 1 saturated heterocycles. The minimum atomic E-state index is 0.888. The second kappa shape index (κ2) is 5.87. The number of rotatable bonds is 4. The summed E-state index contributed by atoms with van der Waals surface area (Å²) >= 11 is 0. The van der Waals surface area contributed by atoms with Gasteiger partial charge in [0.1, 0.15) is 12.1 Å². The molecule has 1 aliphatic carbocycles. The Balaban J connectivity index is 1.49. The van der Waals surface area contributed by atoms with E-state index in [9.17, 15) is 0 Å². The van der Waals surface area contributed by atoms with Crippen molar-refractivity contribution in [2.24, 2.45) is 5.92 Å². The molecule has 4 nitrogen and oxygen atoms in total. The Kier molecular flexibility index (Phi) is 3.97. The molecule has 1 N–H and O–H groups in total. The summed E-state index contributed by atoms with van der Waals surface area (Å²) in [5, 5.41) is 3.54. The molecule has 0 saturated carbocycles. The molecule has 0 radical (unpaired) electrons. The monoisotopic (exact) mass is 260 g/mol. The van der Waals surface area contributed by atoms with Gasteiger partial charge >= 0.3 is 0 Å². The molecule has 0 atom stereocenters. The zero-order valence-electron chi connectivity index (χ0n) is 11.9. The molecule has 3 rings (SSSR count). The number of aryl methyl sites for hydroxylation is 1. The van der Waals surface area contributed by atoms with Crippen LogP contribution in [0.2, 0.25) is 0 Å². The number of piperidine rings is 1. The van der Waals surface area contributed by atoms with E-state index in [0.717, 1.165) is 31.1 Å². The van der Waals surface area contributed by atoms with Gasteiger partial charge in [0, 0.05) is 17.8 Å². The summed E-state index contributed by atoms with van der Waals surface area (Å²) in [5.74, 6) is 1.98. The fraction of sp³-hybridized carbons (Fsp3) is 0.733. The number of nitrogens with zero attached hydrogens (tertiary/aromatic N) is 3. The average molecular weight is 260 g/mol. The first-order valence-electron chi connectivity index (χ1n) is 7.58. The molecule has 1 aromatic heterocycles. The first-order valence-corrected chi connectivity index (χ1v) is 7.58. The van der Waals surface area contributed by atoms with Crippen LogP contribution in [0.1, 0.15) is 36.9 Å². The molecule has 0 spiro atoms. The average Bonchev–Trinajstić information content (AvgIpc) is 2.90. The number of aromatic nitrogens is 2.